The Hall–Kier alpha value is -6.48. The molecule has 0 radical (unpaired) electrons. The minimum atomic E-state index is 0.577. The SMILES string of the molecule is Nc1c(-c2sc(N3C=Nc4cccc5cccc3c45)c3ccccc23)ccc(-c2sc(N3C=Nc4cccc5cccc3c45)c3ccccc23)c1N. The zero-order valence-electron chi connectivity index (χ0n) is 27.6. The van der Waals surface area contributed by atoms with Gasteiger partial charge in [0.05, 0.1) is 34.1 Å². The number of anilines is 6. The average Bonchev–Trinajstić information content (AvgIpc) is 3.76. The average molecular weight is 705 g/mol. The van der Waals surface area contributed by atoms with Crippen LogP contribution in [0.5, 0.6) is 0 Å². The maximum Gasteiger partial charge on any atom is 0.109 e. The second-order valence-electron chi connectivity index (χ2n) is 13.1. The van der Waals surface area contributed by atoms with Gasteiger partial charge >= 0.3 is 0 Å². The van der Waals surface area contributed by atoms with Crippen LogP contribution >= 0.6 is 22.7 Å². The van der Waals surface area contributed by atoms with Crippen LogP contribution in [0.3, 0.4) is 0 Å². The highest BCUT2D eigenvalue weighted by molar-refractivity contribution is 7.22. The van der Waals surface area contributed by atoms with Gasteiger partial charge in [-0.2, -0.15) is 0 Å². The van der Waals surface area contributed by atoms with Crippen LogP contribution in [-0.2, 0) is 0 Å². The summed E-state index contributed by atoms with van der Waals surface area (Å²) in [6.07, 6.45) is 3.87. The number of nitrogens with zero attached hydrogens (tertiary/aromatic N) is 4. The minimum Gasteiger partial charge on any atom is -0.397 e. The molecule has 6 nitrogen and oxygen atoms in total. The molecule has 0 amide bonds. The number of benzene rings is 7. The van der Waals surface area contributed by atoms with Gasteiger partial charge in [0.15, 0.2) is 0 Å². The fourth-order valence-electron chi connectivity index (χ4n) is 7.85. The lowest BCUT2D eigenvalue weighted by Gasteiger charge is -2.24. The molecule has 0 saturated heterocycles. The third kappa shape index (κ3) is 4.10. The van der Waals surface area contributed by atoms with Gasteiger partial charge in [-0.05, 0) is 35.0 Å². The molecule has 2 aromatic heterocycles. The smallest absolute Gasteiger partial charge is 0.109 e. The van der Waals surface area contributed by atoms with E-state index in [4.69, 9.17) is 21.5 Å². The zero-order valence-corrected chi connectivity index (χ0v) is 29.2. The maximum atomic E-state index is 7.07. The number of fused-ring (bicyclic) bond motifs is 2. The van der Waals surface area contributed by atoms with Gasteiger partial charge in [-0.25, -0.2) is 9.98 Å². The first-order valence-corrected chi connectivity index (χ1v) is 18.7. The van der Waals surface area contributed by atoms with E-state index in [1.54, 1.807) is 22.7 Å². The van der Waals surface area contributed by atoms with E-state index in [0.29, 0.717) is 11.4 Å². The molecule has 8 heteroatoms. The molecular weight excluding hydrogens is 677 g/mol. The molecule has 0 bridgehead atoms. The topological polar surface area (TPSA) is 83.2 Å². The summed E-state index contributed by atoms with van der Waals surface area (Å²) >= 11 is 3.43. The van der Waals surface area contributed by atoms with Crippen LogP contribution in [0, 0.1) is 0 Å². The highest BCUT2D eigenvalue weighted by Gasteiger charge is 2.26. The van der Waals surface area contributed by atoms with Gasteiger partial charge in [0.1, 0.15) is 22.7 Å². The molecule has 52 heavy (non-hydrogen) atoms. The van der Waals surface area contributed by atoms with Crippen molar-refractivity contribution in [3.05, 3.63) is 133 Å². The molecule has 7 aromatic carbocycles. The first-order valence-electron chi connectivity index (χ1n) is 17.1. The van der Waals surface area contributed by atoms with E-state index in [9.17, 15) is 0 Å². The van der Waals surface area contributed by atoms with Crippen LogP contribution in [-0.4, -0.2) is 12.7 Å². The highest BCUT2D eigenvalue weighted by Crippen LogP contribution is 2.54. The van der Waals surface area contributed by atoms with Gasteiger partial charge in [0, 0.05) is 53.2 Å². The maximum absolute atomic E-state index is 7.07. The van der Waals surface area contributed by atoms with E-state index in [2.05, 4.69) is 143 Å². The summed E-state index contributed by atoms with van der Waals surface area (Å²) in [5.74, 6) is 0. The van der Waals surface area contributed by atoms with Crippen molar-refractivity contribution in [3.63, 3.8) is 0 Å². The van der Waals surface area contributed by atoms with Gasteiger partial charge in [0.2, 0.25) is 0 Å². The van der Waals surface area contributed by atoms with Crippen LogP contribution in [0.2, 0.25) is 0 Å². The van der Waals surface area contributed by atoms with Crippen LogP contribution < -0.4 is 21.3 Å². The van der Waals surface area contributed by atoms with Gasteiger partial charge in [-0.3, -0.25) is 9.80 Å². The second-order valence-corrected chi connectivity index (χ2v) is 15.1. The van der Waals surface area contributed by atoms with Crippen molar-refractivity contribution in [2.75, 3.05) is 21.3 Å². The van der Waals surface area contributed by atoms with Crippen LogP contribution in [0.25, 0.3) is 64.0 Å². The number of thiophene rings is 2. The van der Waals surface area contributed by atoms with Crippen molar-refractivity contribution < 1.29 is 0 Å². The summed E-state index contributed by atoms with van der Waals surface area (Å²) in [5, 5.41) is 11.4. The van der Waals surface area contributed by atoms with Crippen molar-refractivity contribution >= 4 is 123 Å². The fourth-order valence-corrected chi connectivity index (χ4v) is 10.4. The molecule has 0 atom stereocenters. The quantitative estimate of drug-likeness (QED) is 0.179. The monoisotopic (exact) mass is 704 g/mol. The van der Waals surface area contributed by atoms with Crippen molar-refractivity contribution in [2.24, 2.45) is 9.98 Å². The second kappa shape index (κ2) is 11.0. The molecular formula is C44H28N6S2. The van der Waals surface area contributed by atoms with E-state index in [1.807, 2.05) is 12.7 Å². The molecule has 0 fully saturated rings. The lowest BCUT2D eigenvalue weighted by Crippen LogP contribution is -2.15. The number of nitrogen functional groups attached to an aromatic ring is 2. The van der Waals surface area contributed by atoms with Gasteiger partial charge < -0.3 is 11.5 Å². The predicted octanol–water partition coefficient (Wildman–Crippen LogP) is 12.5. The van der Waals surface area contributed by atoms with Crippen molar-refractivity contribution in [3.8, 4) is 20.9 Å². The van der Waals surface area contributed by atoms with Crippen LogP contribution in [0.15, 0.2) is 143 Å². The molecule has 0 unspecified atom stereocenters. The standard InChI is InChI=1S/C44H28N6S2/c45-39-31(41-27-13-1-3-15-29(27)43(51-41)49-23-47-33-17-5-9-25-11-7-19-35(49)37(25)33)21-22-32(40(39)46)42-28-14-2-4-16-30(28)44(52-42)50-24-48-34-18-6-10-26-12-8-20-36(50)38(26)34/h1-24H,45-46H2. The van der Waals surface area contributed by atoms with E-state index >= 15 is 0 Å². The lowest BCUT2D eigenvalue weighted by atomic mass is 10.00. The summed E-state index contributed by atoms with van der Waals surface area (Å²) in [4.78, 5) is 16.3. The number of nitrogens with two attached hydrogens (primary N) is 2. The van der Waals surface area contributed by atoms with Crippen molar-refractivity contribution in [1.29, 1.82) is 0 Å². The van der Waals surface area contributed by atoms with Crippen LogP contribution in [0.4, 0.5) is 44.1 Å². The van der Waals surface area contributed by atoms with Crippen molar-refractivity contribution in [2.45, 2.75) is 0 Å². The fraction of sp³-hybridized carbons (Fsp3) is 0. The largest absolute Gasteiger partial charge is 0.397 e. The molecule has 4 heterocycles. The Balaban J connectivity index is 1.05. The molecule has 4 N–H and O–H groups in total. The molecule has 246 valence electrons. The summed E-state index contributed by atoms with van der Waals surface area (Å²) in [6, 6.07) is 46.7. The zero-order chi connectivity index (χ0) is 34.5. The lowest BCUT2D eigenvalue weighted by molar-refractivity contribution is 1.39. The highest BCUT2D eigenvalue weighted by atomic mass is 32.1. The van der Waals surface area contributed by atoms with Gasteiger partial charge in [-0.15, -0.1) is 22.7 Å². The minimum absolute atomic E-state index is 0.577. The third-order valence-electron chi connectivity index (χ3n) is 10.3. The number of rotatable bonds is 4. The van der Waals surface area contributed by atoms with E-state index < -0.39 is 0 Å². The molecule has 9 aromatic rings. The summed E-state index contributed by atoms with van der Waals surface area (Å²) in [7, 11) is 0. The summed E-state index contributed by atoms with van der Waals surface area (Å²) in [5.41, 5.74) is 21.3. The van der Waals surface area contributed by atoms with E-state index in [-0.39, 0.29) is 0 Å². The Morgan fingerprint density at radius 1 is 0.423 bits per heavy atom. The van der Waals surface area contributed by atoms with E-state index in [0.717, 1.165) is 86.0 Å². The summed E-state index contributed by atoms with van der Waals surface area (Å²) in [6.45, 7) is 0. The molecule has 0 saturated carbocycles. The first-order chi connectivity index (χ1) is 25.6. The normalized spacial score (nSPS) is 13.3. The summed E-state index contributed by atoms with van der Waals surface area (Å²) < 4.78 is 0. The van der Waals surface area contributed by atoms with E-state index in [1.165, 1.54) is 10.8 Å². The van der Waals surface area contributed by atoms with Crippen LogP contribution in [0.1, 0.15) is 0 Å². The predicted molar refractivity (Wildman–Crippen MR) is 225 cm³/mol. The van der Waals surface area contributed by atoms with Gasteiger partial charge in [0.25, 0.3) is 0 Å². The van der Waals surface area contributed by atoms with Gasteiger partial charge in [-0.1, -0.05) is 109 Å². The third-order valence-corrected chi connectivity index (χ3v) is 12.8. The number of hydrogen-bond acceptors (Lipinski definition) is 8. The number of aliphatic imine (C=N–C) groups is 2. The molecule has 2 aliphatic heterocycles. The Kier molecular flexibility index (Phi) is 6.20. The molecule has 11 rings (SSSR count). The molecule has 0 aliphatic carbocycles. The number of hydrogen-bond donors (Lipinski definition) is 2. The Labute approximate surface area is 306 Å². The molecule has 2 aliphatic rings. The molecule has 0 spiro atoms. The Morgan fingerprint density at radius 3 is 1.27 bits per heavy atom. The Morgan fingerprint density at radius 2 is 0.827 bits per heavy atom. The van der Waals surface area contributed by atoms with Crippen molar-refractivity contribution in [1.82, 2.24) is 0 Å². The Bertz CT molecular complexity index is 2810. The first kappa shape index (κ1) is 29.3.